The summed E-state index contributed by atoms with van der Waals surface area (Å²) in [6.45, 7) is 1.45. The van der Waals surface area contributed by atoms with Gasteiger partial charge < -0.3 is 10.5 Å². The van der Waals surface area contributed by atoms with Crippen LogP contribution in [0.1, 0.15) is 18.6 Å². The number of primary amides is 1. The van der Waals surface area contributed by atoms with Crippen molar-refractivity contribution in [1.29, 1.82) is 0 Å². The van der Waals surface area contributed by atoms with E-state index in [4.69, 9.17) is 5.73 Å². The van der Waals surface area contributed by atoms with E-state index in [-0.39, 0.29) is 5.56 Å². The molecule has 0 radical (unpaired) electrons. The van der Waals surface area contributed by atoms with Crippen LogP contribution in [-0.2, 0) is 4.74 Å². The third-order valence-corrected chi connectivity index (χ3v) is 1.69. The van der Waals surface area contributed by atoms with Crippen molar-refractivity contribution in [3.05, 3.63) is 35.4 Å². The Hall–Kier alpha value is -1.65. The minimum absolute atomic E-state index is 0.0881. The number of carbonyl (C=O) groups excluding carboxylic acids is 1. The summed E-state index contributed by atoms with van der Waals surface area (Å²) in [5.74, 6) is -1.45. The second kappa shape index (κ2) is 4.04. The molecule has 1 rings (SSSR count). The topological polar surface area (TPSA) is 52.3 Å². The normalized spacial score (nSPS) is 12.2. The van der Waals surface area contributed by atoms with E-state index in [0.717, 1.165) is 12.1 Å². The fraction of sp³-hybridized carbons (Fsp3) is 0.222. The SMILES string of the molecule is CC(OC(N)=O)c1ccc(F)cc1F. The van der Waals surface area contributed by atoms with Crippen LogP contribution in [-0.4, -0.2) is 6.09 Å². The van der Waals surface area contributed by atoms with Gasteiger partial charge in [-0.05, 0) is 19.1 Å². The number of halogens is 2. The Kier molecular flexibility index (Phi) is 3.01. The Morgan fingerprint density at radius 2 is 2.14 bits per heavy atom. The minimum atomic E-state index is -0.999. The predicted molar refractivity (Wildman–Crippen MR) is 45.4 cm³/mol. The largest absolute Gasteiger partial charge is 0.442 e. The van der Waals surface area contributed by atoms with Crippen LogP contribution in [0.25, 0.3) is 0 Å². The molecule has 1 unspecified atom stereocenters. The maximum absolute atomic E-state index is 13.1. The van der Waals surface area contributed by atoms with Crippen LogP contribution in [0.2, 0.25) is 0 Å². The highest BCUT2D eigenvalue weighted by molar-refractivity contribution is 5.65. The van der Waals surface area contributed by atoms with Crippen molar-refractivity contribution in [1.82, 2.24) is 0 Å². The molecule has 14 heavy (non-hydrogen) atoms. The summed E-state index contributed by atoms with van der Waals surface area (Å²) in [5, 5.41) is 0. The van der Waals surface area contributed by atoms with Gasteiger partial charge in [0.1, 0.15) is 17.7 Å². The molecule has 1 aromatic rings. The van der Waals surface area contributed by atoms with Crippen molar-refractivity contribution in [3.63, 3.8) is 0 Å². The van der Waals surface area contributed by atoms with E-state index in [1.165, 1.54) is 13.0 Å². The number of carbonyl (C=O) groups is 1. The van der Waals surface area contributed by atoms with Crippen LogP contribution in [0.3, 0.4) is 0 Å². The van der Waals surface area contributed by atoms with Gasteiger partial charge in [0.15, 0.2) is 0 Å². The maximum atomic E-state index is 13.1. The van der Waals surface area contributed by atoms with Crippen LogP contribution in [0.15, 0.2) is 18.2 Å². The molecule has 76 valence electrons. The molecular formula is C9H9F2NO2. The van der Waals surface area contributed by atoms with Crippen molar-refractivity contribution in [2.75, 3.05) is 0 Å². The Morgan fingerprint density at radius 1 is 1.50 bits per heavy atom. The van der Waals surface area contributed by atoms with Gasteiger partial charge in [-0.25, -0.2) is 13.6 Å². The second-order valence-corrected chi connectivity index (χ2v) is 2.74. The van der Waals surface area contributed by atoms with Crippen molar-refractivity contribution in [3.8, 4) is 0 Å². The number of hydrogen-bond acceptors (Lipinski definition) is 2. The number of hydrogen-bond donors (Lipinski definition) is 1. The molecule has 1 aromatic carbocycles. The number of nitrogens with two attached hydrogens (primary N) is 1. The lowest BCUT2D eigenvalue weighted by molar-refractivity contribution is 0.114. The molecule has 0 spiro atoms. The summed E-state index contributed by atoms with van der Waals surface area (Å²) >= 11 is 0. The van der Waals surface area contributed by atoms with Gasteiger partial charge in [-0.3, -0.25) is 0 Å². The zero-order valence-electron chi connectivity index (χ0n) is 7.46. The Balaban J connectivity index is 2.90. The molecule has 5 heteroatoms. The molecular weight excluding hydrogens is 192 g/mol. The van der Waals surface area contributed by atoms with Gasteiger partial charge >= 0.3 is 6.09 Å². The van der Waals surface area contributed by atoms with Gasteiger partial charge in [-0.1, -0.05) is 0 Å². The van der Waals surface area contributed by atoms with Gasteiger partial charge in [0.25, 0.3) is 0 Å². The summed E-state index contributed by atoms with van der Waals surface area (Å²) in [5.41, 5.74) is 4.84. The first-order valence-corrected chi connectivity index (χ1v) is 3.91. The van der Waals surface area contributed by atoms with E-state index in [1.54, 1.807) is 0 Å². The first-order valence-electron chi connectivity index (χ1n) is 3.91. The molecule has 0 aromatic heterocycles. The highest BCUT2D eigenvalue weighted by Crippen LogP contribution is 2.20. The number of amides is 1. The van der Waals surface area contributed by atoms with Crippen LogP contribution in [0.5, 0.6) is 0 Å². The van der Waals surface area contributed by atoms with E-state index in [9.17, 15) is 13.6 Å². The van der Waals surface area contributed by atoms with Gasteiger partial charge in [0, 0.05) is 11.6 Å². The van der Waals surface area contributed by atoms with Crippen LogP contribution < -0.4 is 5.73 Å². The first-order chi connectivity index (χ1) is 6.50. The van der Waals surface area contributed by atoms with Gasteiger partial charge in [-0.15, -0.1) is 0 Å². The molecule has 3 nitrogen and oxygen atoms in total. The number of benzene rings is 1. The van der Waals surface area contributed by atoms with E-state index in [1.807, 2.05) is 0 Å². The Bertz CT molecular complexity index is 355. The molecule has 2 N–H and O–H groups in total. The lowest BCUT2D eigenvalue weighted by atomic mass is 10.1. The van der Waals surface area contributed by atoms with Crippen LogP contribution >= 0.6 is 0 Å². The van der Waals surface area contributed by atoms with Gasteiger partial charge in [0.2, 0.25) is 0 Å². The van der Waals surface area contributed by atoms with Gasteiger partial charge in [0.05, 0.1) is 0 Å². The predicted octanol–water partition coefficient (Wildman–Crippen LogP) is 2.12. The van der Waals surface area contributed by atoms with E-state index in [2.05, 4.69) is 4.74 Å². The summed E-state index contributed by atoms with van der Waals surface area (Å²) in [6, 6.07) is 3.01. The average Bonchev–Trinajstić information content (AvgIpc) is 2.01. The summed E-state index contributed by atoms with van der Waals surface area (Å²) in [7, 11) is 0. The fourth-order valence-electron chi connectivity index (χ4n) is 1.07. The number of rotatable bonds is 2. The van der Waals surface area contributed by atoms with Crippen molar-refractivity contribution >= 4 is 6.09 Å². The van der Waals surface area contributed by atoms with E-state index < -0.39 is 23.8 Å². The minimum Gasteiger partial charge on any atom is -0.442 e. The van der Waals surface area contributed by atoms with Crippen LogP contribution in [0.4, 0.5) is 13.6 Å². The van der Waals surface area contributed by atoms with Crippen molar-refractivity contribution < 1.29 is 18.3 Å². The second-order valence-electron chi connectivity index (χ2n) is 2.74. The Labute approximate surface area is 79.5 Å². The van der Waals surface area contributed by atoms with Crippen molar-refractivity contribution in [2.24, 2.45) is 5.73 Å². The highest BCUT2D eigenvalue weighted by atomic mass is 19.1. The molecule has 0 heterocycles. The van der Waals surface area contributed by atoms with Crippen LogP contribution in [0, 0.1) is 11.6 Å². The molecule has 0 aliphatic rings. The zero-order valence-corrected chi connectivity index (χ0v) is 7.46. The molecule has 1 amide bonds. The molecule has 0 aliphatic carbocycles. The quantitative estimate of drug-likeness (QED) is 0.796. The standard InChI is InChI=1S/C9H9F2NO2/c1-5(14-9(12)13)7-3-2-6(10)4-8(7)11/h2-5H,1H3,(H2,12,13). The molecule has 0 aliphatic heterocycles. The summed E-state index contributed by atoms with van der Waals surface area (Å²) < 4.78 is 30.1. The maximum Gasteiger partial charge on any atom is 0.405 e. The molecule has 1 atom stereocenters. The molecule has 0 bridgehead atoms. The third kappa shape index (κ3) is 2.42. The molecule has 0 fully saturated rings. The van der Waals surface area contributed by atoms with E-state index in [0.29, 0.717) is 0 Å². The average molecular weight is 201 g/mol. The summed E-state index contributed by atoms with van der Waals surface area (Å²) in [4.78, 5) is 10.4. The zero-order chi connectivity index (χ0) is 10.7. The lowest BCUT2D eigenvalue weighted by Crippen LogP contribution is -2.16. The molecule has 0 saturated carbocycles. The fourth-order valence-corrected chi connectivity index (χ4v) is 1.07. The smallest absolute Gasteiger partial charge is 0.405 e. The molecule has 0 saturated heterocycles. The third-order valence-electron chi connectivity index (χ3n) is 1.69. The Morgan fingerprint density at radius 3 is 2.64 bits per heavy atom. The lowest BCUT2D eigenvalue weighted by Gasteiger charge is -2.12. The first kappa shape index (κ1) is 10.4. The number of ether oxygens (including phenoxy) is 1. The summed E-state index contributed by atoms with van der Waals surface area (Å²) in [6.07, 6.45) is -1.82. The van der Waals surface area contributed by atoms with Crippen molar-refractivity contribution in [2.45, 2.75) is 13.0 Å². The monoisotopic (exact) mass is 201 g/mol. The van der Waals surface area contributed by atoms with E-state index >= 15 is 0 Å². The van der Waals surface area contributed by atoms with Gasteiger partial charge in [-0.2, -0.15) is 0 Å². The highest BCUT2D eigenvalue weighted by Gasteiger charge is 2.14.